The third-order valence-electron chi connectivity index (χ3n) is 3.68. The normalized spacial score (nSPS) is 15.1. The summed E-state index contributed by atoms with van der Waals surface area (Å²) in [6.45, 7) is 2.08. The van der Waals surface area contributed by atoms with Gasteiger partial charge in [-0.25, -0.2) is 0 Å². The molecule has 1 aliphatic carbocycles. The Labute approximate surface area is 119 Å². The molecule has 0 atom stereocenters. The van der Waals surface area contributed by atoms with Crippen molar-refractivity contribution < 1.29 is 9.59 Å². The summed E-state index contributed by atoms with van der Waals surface area (Å²) < 4.78 is 0. The van der Waals surface area contributed by atoms with Crippen LogP contribution in [0.25, 0.3) is 0 Å². The van der Waals surface area contributed by atoms with Gasteiger partial charge in [0.25, 0.3) is 0 Å². The van der Waals surface area contributed by atoms with E-state index in [1.54, 1.807) is 11.1 Å². The molecule has 2 amide bonds. The first-order valence-electron chi connectivity index (χ1n) is 7.10. The SMILES string of the molecule is CC(=O)N(CC(=O)NCc1ccccn1)C1CCCC1. The van der Waals surface area contributed by atoms with Crippen LogP contribution in [0.4, 0.5) is 0 Å². The zero-order valence-electron chi connectivity index (χ0n) is 11.8. The molecule has 0 radical (unpaired) electrons. The molecule has 1 fully saturated rings. The molecule has 2 rings (SSSR count). The van der Waals surface area contributed by atoms with Crippen LogP contribution in [0.15, 0.2) is 24.4 Å². The highest BCUT2D eigenvalue weighted by Crippen LogP contribution is 2.23. The average Bonchev–Trinajstić information content (AvgIpc) is 2.97. The standard InChI is InChI=1S/C15H21N3O2/c1-12(19)18(14-7-2-3-8-14)11-15(20)17-10-13-6-4-5-9-16-13/h4-6,9,14H,2-3,7-8,10-11H2,1H3,(H,17,20). The summed E-state index contributed by atoms with van der Waals surface area (Å²) in [5.41, 5.74) is 0.816. The monoisotopic (exact) mass is 275 g/mol. The number of carbonyl (C=O) groups excluding carboxylic acids is 2. The summed E-state index contributed by atoms with van der Waals surface area (Å²) in [7, 11) is 0. The Balaban J connectivity index is 1.84. The maximum atomic E-state index is 12.0. The first kappa shape index (κ1) is 14.5. The van der Waals surface area contributed by atoms with Crippen molar-refractivity contribution >= 4 is 11.8 Å². The zero-order chi connectivity index (χ0) is 14.4. The predicted octanol–water partition coefficient (Wildman–Crippen LogP) is 1.49. The number of hydrogen-bond acceptors (Lipinski definition) is 3. The Hall–Kier alpha value is -1.91. The van der Waals surface area contributed by atoms with E-state index in [1.165, 1.54) is 6.92 Å². The lowest BCUT2D eigenvalue weighted by Gasteiger charge is -2.27. The molecule has 0 aliphatic heterocycles. The fraction of sp³-hybridized carbons (Fsp3) is 0.533. The van der Waals surface area contributed by atoms with Gasteiger partial charge in [0.15, 0.2) is 0 Å². The molecule has 0 aromatic carbocycles. The van der Waals surface area contributed by atoms with E-state index in [9.17, 15) is 9.59 Å². The molecule has 1 saturated carbocycles. The van der Waals surface area contributed by atoms with Gasteiger partial charge in [-0.1, -0.05) is 18.9 Å². The Morgan fingerprint density at radius 2 is 2.10 bits per heavy atom. The number of hydrogen-bond donors (Lipinski definition) is 1. The molecule has 5 heteroatoms. The van der Waals surface area contributed by atoms with Crippen LogP contribution in [0.3, 0.4) is 0 Å². The van der Waals surface area contributed by atoms with Crippen molar-refractivity contribution in [2.45, 2.75) is 45.2 Å². The van der Waals surface area contributed by atoms with Crippen LogP contribution >= 0.6 is 0 Å². The van der Waals surface area contributed by atoms with E-state index < -0.39 is 0 Å². The molecular formula is C15H21N3O2. The highest BCUT2D eigenvalue weighted by molar-refractivity contribution is 5.83. The van der Waals surface area contributed by atoms with E-state index in [1.807, 2.05) is 18.2 Å². The van der Waals surface area contributed by atoms with E-state index in [2.05, 4.69) is 10.3 Å². The third kappa shape index (κ3) is 4.05. The molecule has 0 saturated heterocycles. The average molecular weight is 275 g/mol. The maximum Gasteiger partial charge on any atom is 0.239 e. The zero-order valence-corrected chi connectivity index (χ0v) is 11.8. The first-order chi connectivity index (χ1) is 9.66. The molecule has 0 unspecified atom stereocenters. The molecule has 0 bridgehead atoms. The molecule has 108 valence electrons. The Bertz CT molecular complexity index is 455. The lowest BCUT2D eigenvalue weighted by molar-refractivity contribution is -0.136. The quantitative estimate of drug-likeness (QED) is 0.885. The summed E-state index contributed by atoms with van der Waals surface area (Å²) in [6, 6.07) is 5.81. The highest BCUT2D eigenvalue weighted by atomic mass is 16.2. The van der Waals surface area contributed by atoms with E-state index in [4.69, 9.17) is 0 Å². The van der Waals surface area contributed by atoms with E-state index in [0.717, 1.165) is 31.4 Å². The molecule has 1 aliphatic rings. The minimum atomic E-state index is -0.127. The lowest BCUT2D eigenvalue weighted by Crippen LogP contribution is -2.44. The van der Waals surface area contributed by atoms with Crippen molar-refractivity contribution in [2.24, 2.45) is 0 Å². The largest absolute Gasteiger partial charge is 0.349 e. The van der Waals surface area contributed by atoms with Crippen LogP contribution in [0.5, 0.6) is 0 Å². The van der Waals surface area contributed by atoms with Crippen LogP contribution in [-0.4, -0.2) is 34.3 Å². The summed E-state index contributed by atoms with van der Waals surface area (Å²) in [6.07, 6.45) is 6.00. The molecule has 1 aromatic rings. The highest BCUT2D eigenvalue weighted by Gasteiger charge is 2.26. The van der Waals surface area contributed by atoms with Gasteiger partial charge < -0.3 is 10.2 Å². The van der Waals surface area contributed by atoms with Gasteiger partial charge in [-0.05, 0) is 25.0 Å². The van der Waals surface area contributed by atoms with E-state index >= 15 is 0 Å². The molecule has 1 aromatic heterocycles. The second kappa shape index (κ2) is 7.03. The third-order valence-corrected chi connectivity index (χ3v) is 3.68. The van der Waals surface area contributed by atoms with Crippen molar-refractivity contribution in [3.8, 4) is 0 Å². The van der Waals surface area contributed by atoms with Gasteiger partial charge in [0, 0.05) is 19.2 Å². The van der Waals surface area contributed by atoms with Gasteiger partial charge in [0.1, 0.15) is 0 Å². The van der Waals surface area contributed by atoms with Crippen molar-refractivity contribution in [1.29, 1.82) is 0 Å². The smallest absolute Gasteiger partial charge is 0.239 e. The molecule has 1 N–H and O–H groups in total. The first-order valence-corrected chi connectivity index (χ1v) is 7.10. The van der Waals surface area contributed by atoms with E-state index in [0.29, 0.717) is 6.54 Å². The van der Waals surface area contributed by atoms with Gasteiger partial charge in [0.2, 0.25) is 11.8 Å². The van der Waals surface area contributed by atoms with Gasteiger partial charge in [-0.3, -0.25) is 14.6 Å². The molecule has 0 spiro atoms. The summed E-state index contributed by atoms with van der Waals surface area (Å²) in [5.74, 6) is -0.150. The predicted molar refractivity (Wildman–Crippen MR) is 75.7 cm³/mol. The van der Waals surface area contributed by atoms with Crippen molar-refractivity contribution in [3.05, 3.63) is 30.1 Å². The Morgan fingerprint density at radius 1 is 1.35 bits per heavy atom. The van der Waals surface area contributed by atoms with Crippen LogP contribution in [-0.2, 0) is 16.1 Å². The molecule has 5 nitrogen and oxygen atoms in total. The van der Waals surface area contributed by atoms with Gasteiger partial charge in [0.05, 0.1) is 18.8 Å². The van der Waals surface area contributed by atoms with Crippen LogP contribution < -0.4 is 5.32 Å². The van der Waals surface area contributed by atoms with Crippen molar-refractivity contribution in [2.75, 3.05) is 6.54 Å². The van der Waals surface area contributed by atoms with Gasteiger partial charge >= 0.3 is 0 Å². The van der Waals surface area contributed by atoms with Crippen LogP contribution in [0.1, 0.15) is 38.3 Å². The minimum Gasteiger partial charge on any atom is -0.349 e. The number of aromatic nitrogens is 1. The summed E-state index contributed by atoms with van der Waals surface area (Å²) in [5, 5.41) is 2.81. The van der Waals surface area contributed by atoms with Gasteiger partial charge in [-0.15, -0.1) is 0 Å². The number of rotatable bonds is 5. The molecular weight excluding hydrogens is 254 g/mol. The van der Waals surface area contributed by atoms with Crippen LogP contribution in [0.2, 0.25) is 0 Å². The maximum absolute atomic E-state index is 12.0. The minimum absolute atomic E-state index is 0.0233. The molecule has 20 heavy (non-hydrogen) atoms. The van der Waals surface area contributed by atoms with Crippen molar-refractivity contribution in [3.63, 3.8) is 0 Å². The number of nitrogens with one attached hydrogen (secondary N) is 1. The number of amides is 2. The van der Waals surface area contributed by atoms with Gasteiger partial charge in [-0.2, -0.15) is 0 Å². The fourth-order valence-electron chi connectivity index (χ4n) is 2.62. The molecule has 1 heterocycles. The summed E-state index contributed by atoms with van der Waals surface area (Å²) in [4.78, 5) is 29.5. The second-order valence-corrected chi connectivity index (χ2v) is 5.18. The van der Waals surface area contributed by atoms with Crippen LogP contribution in [0, 0.1) is 0 Å². The van der Waals surface area contributed by atoms with Crippen molar-refractivity contribution in [1.82, 2.24) is 15.2 Å². The Morgan fingerprint density at radius 3 is 2.70 bits per heavy atom. The lowest BCUT2D eigenvalue weighted by atomic mass is 10.2. The topological polar surface area (TPSA) is 62.3 Å². The second-order valence-electron chi connectivity index (χ2n) is 5.18. The Kier molecular flexibility index (Phi) is 5.09. The number of pyridine rings is 1. The number of nitrogens with zero attached hydrogens (tertiary/aromatic N) is 2. The fourth-order valence-corrected chi connectivity index (χ4v) is 2.62. The van der Waals surface area contributed by atoms with E-state index in [-0.39, 0.29) is 24.4 Å². The summed E-state index contributed by atoms with van der Waals surface area (Å²) >= 11 is 0. The number of carbonyl (C=O) groups is 2.